The number of benzene rings is 1. The maximum Gasteiger partial charge on any atom is 0.416 e. The molecule has 2 N–H and O–H groups in total. The van der Waals surface area contributed by atoms with Gasteiger partial charge in [-0.15, -0.1) is 11.3 Å². The van der Waals surface area contributed by atoms with Crippen LogP contribution in [0.4, 0.5) is 19.0 Å². The first-order valence-electron chi connectivity index (χ1n) is 11.7. The second-order valence-electron chi connectivity index (χ2n) is 8.88. The van der Waals surface area contributed by atoms with Gasteiger partial charge in [0.2, 0.25) is 0 Å². The van der Waals surface area contributed by atoms with Crippen molar-refractivity contribution in [1.29, 1.82) is 0 Å². The van der Waals surface area contributed by atoms with Gasteiger partial charge in [-0.2, -0.15) is 13.2 Å². The monoisotopic (exact) mass is 502 g/mol. The number of hydrogen-bond acceptors (Lipinski definition) is 7. The van der Waals surface area contributed by atoms with Gasteiger partial charge in [-0.1, -0.05) is 0 Å². The van der Waals surface area contributed by atoms with Gasteiger partial charge in [0, 0.05) is 73.4 Å². The highest BCUT2D eigenvalue weighted by Crippen LogP contribution is 2.39. The second kappa shape index (κ2) is 9.05. The van der Waals surface area contributed by atoms with Crippen LogP contribution in [0.2, 0.25) is 0 Å². The number of alkyl halides is 3. The number of anilines is 1. The second-order valence-corrected chi connectivity index (χ2v) is 10.0. The molecule has 2 fully saturated rings. The summed E-state index contributed by atoms with van der Waals surface area (Å²) in [6.45, 7) is 7.27. The van der Waals surface area contributed by atoms with Crippen molar-refractivity contribution >= 4 is 38.3 Å². The summed E-state index contributed by atoms with van der Waals surface area (Å²) in [6, 6.07) is 6.14. The molecule has 3 aromatic heterocycles. The lowest BCUT2D eigenvalue weighted by molar-refractivity contribution is -0.137. The summed E-state index contributed by atoms with van der Waals surface area (Å²) in [5.41, 5.74) is 0.843. The van der Waals surface area contributed by atoms with E-state index >= 15 is 0 Å². The van der Waals surface area contributed by atoms with Crippen LogP contribution in [0.1, 0.15) is 10.4 Å². The normalized spacial score (nSPS) is 18.1. The van der Waals surface area contributed by atoms with E-state index in [4.69, 9.17) is 14.7 Å². The van der Waals surface area contributed by atoms with Crippen LogP contribution in [0, 0.1) is 0 Å². The summed E-state index contributed by atoms with van der Waals surface area (Å²) in [5, 5.41) is 4.04. The van der Waals surface area contributed by atoms with Crippen molar-refractivity contribution in [3.05, 3.63) is 40.9 Å². The van der Waals surface area contributed by atoms with E-state index in [0.717, 1.165) is 60.9 Å². The van der Waals surface area contributed by atoms with E-state index in [9.17, 15) is 13.2 Å². The van der Waals surface area contributed by atoms with Gasteiger partial charge in [-0.3, -0.25) is 4.90 Å². The van der Waals surface area contributed by atoms with Crippen LogP contribution in [-0.4, -0.2) is 72.3 Å². The Labute approximate surface area is 203 Å². The Balaban J connectivity index is 1.49. The summed E-state index contributed by atoms with van der Waals surface area (Å²) in [4.78, 5) is 18.3. The highest BCUT2D eigenvalue weighted by molar-refractivity contribution is 7.19. The molecule has 0 atom stereocenters. The lowest BCUT2D eigenvalue weighted by atomic mass is 10.0. The zero-order valence-corrected chi connectivity index (χ0v) is 19.8. The average molecular weight is 503 g/mol. The maximum absolute atomic E-state index is 13.7. The topological polar surface area (TPSA) is 69.3 Å². The van der Waals surface area contributed by atoms with Crippen molar-refractivity contribution in [3.8, 4) is 11.4 Å². The Morgan fingerprint density at radius 1 is 1.03 bits per heavy atom. The van der Waals surface area contributed by atoms with Crippen molar-refractivity contribution in [3.63, 3.8) is 0 Å². The minimum atomic E-state index is -4.47. The standard InChI is InChI=1S/C24H25F3N6OS/c25-24(26,27)15-11-18(17-1-2-29-19(17)12-15)22-30-20-13-16(14-32-5-3-28-4-6-32)35-21(20)23(31-22)33-7-9-34-10-8-33/h1-2,11-13,28-29H,3-10,14H2. The van der Waals surface area contributed by atoms with Gasteiger partial charge in [0.15, 0.2) is 11.6 Å². The van der Waals surface area contributed by atoms with Crippen LogP contribution < -0.4 is 10.2 Å². The molecule has 0 unspecified atom stereocenters. The summed E-state index contributed by atoms with van der Waals surface area (Å²) in [6.07, 6.45) is -2.82. The number of aromatic nitrogens is 3. The molecule has 0 spiro atoms. The molecule has 0 bridgehead atoms. The fourth-order valence-electron chi connectivity index (χ4n) is 4.76. The van der Waals surface area contributed by atoms with E-state index in [1.807, 2.05) is 0 Å². The number of halogens is 3. The van der Waals surface area contributed by atoms with Gasteiger partial charge in [-0.05, 0) is 24.3 Å². The zero-order valence-electron chi connectivity index (χ0n) is 19.0. The molecule has 5 heterocycles. The number of rotatable bonds is 4. The van der Waals surface area contributed by atoms with E-state index in [2.05, 4.69) is 26.2 Å². The molecule has 35 heavy (non-hydrogen) atoms. The summed E-state index contributed by atoms with van der Waals surface area (Å²) >= 11 is 1.67. The van der Waals surface area contributed by atoms with E-state index < -0.39 is 11.7 Å². The quantitative estimate of drug-likeness (QED) is 0.438. The van der Waals surface area contributed by atoms with E-state index in [-0.39, 0.29) is 0 Å². The van der Waals surface area contributed by atoms with Gasteiger partial charge < -0.3 is 19.9 Å². The van der Waals surface area contributed by atoms with Gasteiger partial charge in [-0.25, -0.2) is 9.97 Å². The SMILES string of the molecule is FC(F)(F)c1cc(-c2nc(N3CCOCC3)c3sc(CN4CCNCC4)cc3n2)c2cc[nH]c2c1. The predicted molar refractivity (Wildman–Crippen MR) is 131 cm³/mol. The van der Waals surface area contributed by atoms with E-state index in [1.54, 1.807) is 23.6 Å². The highest BCUT2D eigenvalue weighted by atomic mass is 32.1. The van der Waals surface area contributed by atoms with Gasteiger partial charge >= 0.3 is 6.18 Å². The highest BCUT2D eigenvalue weighted by Gasteiger charge is 2.32. The predicted octanol–water partition coefficient (Wildman–Crippen LogP) is 4.10. The van der Waals surface area contributed by atoms with Crippen LogP contribution in [0.5, 0.6) is 0 Å². The largest absolute Gasteiger partial charge is 0.416 e. The van der Waals surface area contributed by atoms with Crippen molar-refractivity contribution in [1.82, 2.24) is 25.2 Å². The fraction of sp³-hybridized carbons (Fsp3) is 0.417. The number of H-pyrrole nitrogens is 1. The Hall–Kier alpha value is -2.73. The number of thiophene rings is 1. The van der Waals surface area contributed by atoms with Crippen LogP contribution in [0.25, 0.3) is 32.5 Å². The zero-order chi connectivity index (χ0) is 24.0. The van der Waals surface area contributed by atoms with Crippen LogP contribution >= 0.6 is 11.3 Å². The molecule has 0 aliphatic carbocycles. The van der Waals surface area contributed by atoms with Crippen molar-refractivity contribution in [2.45, 2.75) is 12.7 Å². The fourth-order valence-corrected chi connectivity index (χ4v) is 5.91. The number of morpholine rings is 1. The Bertz CT molecular complexity index is 1350. The molecule has 0 amide bonds. The molecule has 2 aliphatic rings. The molecule has 6 rings (SSSR count). The first-order valence-corrected chi connectivity index (χ1v) is 12.5. The van der Waals surface area contributed by atoms with Crippen molar-refractivity contribution in [2.75, 3.05) is 57.4 Å². The van der Waals surface area contributed by atoms with Gasteiger partial charge in [0.25, 0.3) is 0 Å². The van der Waals surface area contributed by atoms with Crippen molar-refractivity contribution in [2.24, 2.45) is 0 Å². The Morgan fingerprint density at radius 2 is 1.83 bits per heavy atom. The molecule has 2 saturated heterocycles. The average Bonchev–Trinajstić information content (AvgIpc) is 3.50. The molecule has 1 aromatic carbocycles. The summed E-state index contributed by atoms with van der Waals surface area (Å²) in [5.74, 6) is 1.08. The Morgan fingerprint density at radius 3 is 2.60 bits per heavy atom. The molecule has 11 heteroatoms. The van der Waals surface area contributed by atoms with Crippen LogP contribution in [0.15, 0.2) is 30.5 Å². The minimum absolute atomic E-state index is 0.307. The Kier molecular flexibility index (Phi) is 5.87. The molecular formula is C24H25F3N6OS. The molecule has 4 aromatic rings. The van der Waals surface area contributed by atoms with Gasteiger partial charge in [0.05, 0.1) is 29.0 Å². The number of nitrogens with one attached hydrogen (secondary N) is 2. The molecular weight excluding hydrogens is 477 g/mol. The number of hydrogen-bond donors (Lipinski definition) is 2. The van der Waals surface area contributed by atoms with E-state index in [0.29, 0.717) is 48.6 Å². The summed E-state index contributed by atoms with van der Waals surface area (Å²) < 4.78 is 47.5. The third kappa shape index (κ3) is 4.49. The number of aromatic amines is 1. The third-order valence-corrected chi connectivity index (χ3v) is 7.65. The molecule has 0 saturated carbocycles. The number of ether oxygens (including phenoxy) is 1. The lowest BCUT2D eigenvalue weighted by Gasteiger charge is -2.28. The van der Waals surface area contributed by atoms with E-state index in [1.165, 1.54) is 4.88 Å². The number of nitrogens with zero attached hydrogens (tertiary/aromatic N) is 4. The molecule has 7 nitrogen and oxygen atoms in total. The van der Waals surface area contributed by atoms with Crippen LogP contribution in [-0.2, 0) is 17.5 Å². The minimum Gasteiger partial charge on any atom is -0.378 e. The smallest absolute Gasteiger partial charge is 0.378 e. The lowest BCUT2D eigenvalue weighted by Crippen LogP contribution is -2.42. The number of fused-ring (bicyclic) bond motifs is 2. The first-order chi connectivity index (χ1) is 17.0. The molecule has 184 valence electrons. The molecule has 0 radical (unpaired) electrons. The third-order valence-electron chi connectivity index (χ3n) is 6.54. The molecule has 2 aliphatic heterocycles. The van der Waals surface area contributed by atoms with Gasteiger partial charge in [0.1, 0.15) is 0 Å². The maximum atomic E-state index is 13.7. The first kappa shape index (κ1) is 22.7. The number of piperazine rings is 1. The van der Waals surface area contributed by atoms with Crippen LogP contribution in [0.3, 0.4) is 0 Å². The van der Waals surface area contributed by atoms with Crippen molar-refractivity contribution < 1.29 is 17.9 Å². The summed E-state index contributed by atoms with van der Waals surface area (Å²) in [7, 11) is 0.